The minimum absolute atomic E-state index is 0.0606. The fourth-order valence-electron chi connectivity index (χ4n) is 4.24. The smallest absolute Gasteiger partial charge is 0.267 e. The third kappa shape index (κ3) is 6.49. The lowest BCUT2D eigenvalue weighted by molar-refractivity contribution is 0.0995. The summed E-state index contributed by atoms with van der Waals surface area (Å²) in [6, 6.07) is 8.56. The van der Waals surface area contributed by atoms with Crippen molar-refractivity contribution in [3.05, 3.63) is 95.2 Å². The van der Waals surface area contributed by atoms with E-state index < -0.39 is 44.0 Å². The Kier molecular flexibility index (Phi) is 8.55. The van der Waals surface area contributed by atoms with Crippen molar-refractivity contribution in [3.8, 4) is 0 Å². The average Bonchev–Trinajstić information content (AvgIpc) is 2.92. The Morgan fingerprint density at radius 3 is 2.55 bits per heavy atom. The molecule has 0 aliphatic carbocycles. The third-order valence-corrected chi connectivity index (χ3v) is 7.85. The Morgan fingerprint density at radius 2 is 1.85 bits per heavy atom. The van der Waals surface area contributed by atoms with Crippen LogP contribution in [0.4, 0.5) is 18.9 Å². The number of primary amides is 1. The quantitative estimate of drug-likeness (QED) is 0.289. The monoisotopic (exact) mass is 572 g/mol. The summed E-state index contributed by atoms with van der Waals surface area (Å²) >= 11 is 0. The van der Waals surface area contributed by atoms with E-state index in [1.165, 1.54) is 30.5 Å². The summed E-state index contributed by atoms with van der Waals surface area (Å²) in [6.45, 7) is 1.73. The minimum atomic E-state index is -4.71. The van der Waals surface area contributed by atoms with E-state index in [4.69, 9.17) is 11.1 Å². The van der Waals surface area contributed by atoms with Gasteiger partial charge in [0.1, 0.15) is 22.2 Å². The molecule has 210 valence electrons. The number of piperidine rings is 1. The van der Waals surface area contributed by atoms with Crippen LogP contribution in [0, 0.1) is 22.9 Å². The van der Waals surface area contributed by atoms with Crippen LogP contribution in [-0.2, 0) is 10.0 Å². The number of nitrogens with zero attached hydrogens (tertiary/aromatic N) is 2. The fraction of sp³-hybridized carbons (Fsp3) is 0.222. The molecular weight excluding hydrogens is 545 g/mol. The molecule has 40 heavy (non-hydrogen) atoms. The van der Waals surface area contributed by atoms with Crippen LogP contribution in [-0.4, -0.2) is 56.1 Å². The van der Waals surface area contributed by atoms with Crippen LogP contribution in [0.3, 0.4) is 0 Å². The molecule has 1 aliphatic heterocycles. The van der Waals surface area contributed by atoms with Crippen molar-refractivity contribution < 1.29 is 26.4 Å². The number of benzene rings is 2. The molecule has 0 bridgehead atoms. The standard InChI is InChI=1S/C27H27F3N6O3S/c1-36-11-8-18(9-12-36)34-15-20(16-7-10-33-23(13-16)27(32)37)26(31)19-3-2-4-22(25(19)30)35-40(38,39)24-14-17(28)5-6-21(24)29/h2-7,10,13-15,18,31,34-35H,8-9,11-12H2,1H3,(H2,32,37)/b20-15-,31-26?. The Bertz CT molecular complexity index is 1590. The van der Waals surface area contributed by atoms with Gasteiger partial charge in [-0.25, -0.2) is 21.6 Å². The highest BCUT2D eigenvalue weighted by Crippen LogP contribution is 2.28. The van der Waals surface area contributed by atoms with E-state index in [1.807, 2.05) is 11.8 Å². The number of amides is 1. The number of carbonyl (C=O) groups is 1. The van der Waals surface area contributed by atoms with Gasteiger partial charge in [-0.15, -0.1) is 0 Å². The number of anilines is 1. The first-order valence-corrected chi connectivity index (χ1v) is 13.7. The maximum Gasteiger partial charge on any atom is 0.267 e. The summed E-state index contributed by atoms with van der Waals surface area (Å²) in [5.41, 5.74) is 4.67. The molecule has 5 N–H and O–H groups in total. The average molecular weight is 573 g/mol. The van der Waals surface area contributed by atoms with Crippen LogP contribution in [0.15, 0.2) is 65.8 Å². The number of hydrogen-bond acceptors (Lipinski definition) is 7. The largest absolute Gasteiger partial charge is 0.388 e. The molecule has 9 nitrogen and oxygen atoms in total. The summed E-state index contributed by atoms with van der Waals surface area (Å²) in [5.74, 6) is -4.10. The number of carbonyl (C=O) groups excluding carboxylic acids is 1. The summed E-state index contributed by atoms with van der Waals surface area (Å²) < 4.78 is 70.9. The maximum atomic E-state index is 15.7. The van der Waals surface area contributed by atoms with Crippen LogP contribution < -0.4 is 15.8 Å². The number of nitrogens with two attached hydrogens (primary N) is 1. The van der Waals surface area contributed by atoms with E-state index in [0.717, 1.165) is 38.1 Å². The van der Waals surface area contributed by atoms with Crippen LogP contribution in [0.25, 0.3) is 5.57 Å². The zero-order valence-electron chi connectivity index (χ0n) is 21.4. The van der Waals surface area contributed by atoms with Crippen molar-refractivity contribution >= 4 is 32.9 Å². The minimum Gasteiger partial charge on any atom is -0.388 e. The van der Waals surface area contributed by atoms with E-state index >= 15 is 4.39 Å². The molecule has 1 fully saturated rings. The molecule has 0 saturated carbocycles. The van der Waals surface area contributed by atoms with Crippen LogP contribution in [0.5, 0.6) is 0 Å². The lowest BCUT2D eigenvalue weighted by atomic mass is 9.95. The lowest BCUT2D eigenvalue weighted by Crippen LogP contribution is -2.39. The molecule has 2 aromatic carbocycles. The van der Waals surface area contributed by atoms with Crippen LogP contribution >= 0.6 is 0 Å². The van der Waals surface area contributed by atoms with Gasteiger partial charge in [0, 0.05) is 29.6 Å². The van der Waals surface area contributed by atoms with Gasteiger partial charge in [0.25, 0.3) is 15.9 Å². The fourth-order valence-corrected chi connectivity index (χ4v) is 5.39. The molecule has 0 atom stereocenters. The summed E-state index contributed by atoms with van der Waals surface area (Å²) in [5, 5.41) is 12.1. The van der Waals surface area contributed by atoms with Gasteiger partial charge in [-0.05, 0) is 81.0 Å². The third-order valence-electron chi connectivity index (χ3n) is 6.47. The summed E-state index contributed by atoms with van der Waals surface area (Å²) in [4.78, 5) is 16.8. The molecule has 1 amide bonds. The molecule has 2 heterocycles. The van der Waals surface area contributed by atoms with Gasteiger partial charge < -0.3 is 16.0 Å². The number of nitrogens with one attached hydrogen (secondary N) is 3. The first-order valence-electron chi connectivity index (χ1n) is 12.2. The molecular formula is C27H27F3N6O3S. The molecule has 3 aromatic rings. The van der Waals surface area contributed by atoms with Crippen molar-refractivity contribution in [2.75, 3.05) is 24.9 Å². The SMILES string of the molecule is CN1CCC(N/C=C(\C(=N)c2cccc(NS(=O)(=O)c3cc(F)ccc3F)c2F)c2ccnc(C(N)=O)c2)CC1. The normalized spacial score (nSPS) is 15.1. The van der Waals surface area contributed by atoms with E-state index in [0.29, 0.717) is 17.7 Å². The van der Waals surface area contributed by atoms with Crippen molar-refractivity contribution in [1.29, 1.82) is 5.41 Å². The number of hydrogen-bond donors (Lipinski definition) is 4. The van der Waals surface area contributed by atoms with Gasteiger partial charge in [-0.1, -0.05) is 6.07 Å². The Labute approximate surface area is 229 Å². The number of pyridine rings is 1. The zero-order valence-corrected chi connectivity index (χ0v) is 22.2. The van der Waals surface area contributed by atoms with E-state index in [-0.39, 0.29) is 28.6 Å². The number of sulfonamides is 1. The number of rotatable bonds is 9. The zero-order chi connectivity index (χ0) is 29.0. The molecule has 4 rings (SSSR count). The summed E-state index contributed by atoms with van der Waals surface area (Å²) in [6.07, 6.45) is 4.55. The van der Waals surface area contributed by atoms with Crippen LogP contribution in [0.2, 0.25) is 0 Å². The van der Waals surface area contributed by atoms with Crippen LogP contribution in [0.1, 0.15) is 34.5 Å². The predicted octanol–water partition coefficient (Wildman–Crippen LogP) is 3.49. The topological polar surface area (TPSA) is 141 Å². The molecule has 13 heteroatoms. The highest BCUT2D eigenvalue weighted by molar-refractivity contribution is 7.92. The van der Waals surface area contributed by atoms with Gasteiger partial charge in [0.2, 0.25) is 0 Å². The van der Waals surface area contributed by atoms with Gasteiger partial charge in [0.15, 0.2) is 5.82 Å². The Hall–Kier alpha value is -4.23. The highest BCUT2D eigenvalue weighted by atomic mass is 32.2. The molecule has 1 aliphatic rings. The first kappa shape index (κ1) is 28.8. The van der Waals surface area contributed by atoms with Crippen molar-refractivity contribution in [1.82, 2.24) is 15.2 Å². The Balaban J connectivity index is 1.71. The second-order valence-electron chi connectivity index (χ2n) is 9.32. The number of likely N-dealkylation sites (tertiary alicyclic amines) is 1. The predicted molar refractivity (Wildman–Crippen MR) is 145 cm³/mol. The second kappa shape index (κ2) is 11.9. The molecule has 1 saturated heterocycles. The van der Waals surface area contributed by atoms with E-state index in [1.54, 1.807) is 6.20 Å². The maximum absolute atomic E-state index is 15.7. The number of halogens is 3. The van der Waals surface area contributed by atoms with Gasteiger partial charge >= 0.3 is 0 Å². The summed E-state index contributed by atoms with van der Waals surface area (Å²) in [7, 11) is -2.70. The lowest BCUT2D eigenvalue weighted by Gasteiger charge is -2.29. The molecule has 1 aromatic heterocycles. The second-order valence-corrected chi connectivity index (χ2v) is 11.0. The Morgan fingerprint density at radius 1 is 1.12 bits per heavy atom. The number of aromatic nitrogens is 1. The van der Waals surface area contributed by atoms with Gasteiger partial charge in [0.05, 0.1) is 11.4 Å². The number of allylic oxidation sites excluding steroid dienone is 1. The molecule has 0 spiro atoms. The van der Waals surface area contributed by atoms with Gasteiger partial charge in [-0.2, -0.15) is 0 Å². The first-order chi connectivity index (χ1) is 19.0. The van der Waals surface area contributed by atoms with E-state index in [2.05, 4.69) is 15.2 Å². The van der Waals surface area contributed by atoms with Crippen molar-refractivity contribution in [3.63, 3.8) is 0 Å². The van der Waals surface area contributed by atoms with E-state index in [9.17, 15) is 22.0 Å². The van der Waals surface area contributed by atoms with Gasteiger partial charge in [-0.3, -0.25) is 19.9 Å². The molecule has 0 unspecified atom stereocenters. The van der Waals surface area contributed by atoms with Crippen molar-refractivity contribution in [2.45, 2.75) is 23.8 Å². The highest BCUT2D eigenvalue weighted by Gasteiger charge is 2.24. The van der Waals surface area contributed by atoms with Crippen molar-refractivity contribution in [2.24, 2.45) is 5.73 Å². The molecule has 0 radical (unpaired) electrons.